The molecule has 0 heterocycles. The molecule has 0 saturated heterocycles. The Labute approximate surface area is 126 Å². The third-order valence-electron chi connectivity index (χ3n) is 3.28. The van der Waals surface area contributed by atoms with E-state index in [-0.39, 0.29) is 11.4 Å². The van der Waals surface area contributed by atoms with Crippen LogP contribution < -0.4 is 4.72 Å². The van der Waals surface area contributed by atoms with Gasteiger partial charge in [0.25, 0.3) is 0 Å². The Bertz CT molecular complexity index is 552. The number of carboxylic acids is 1. The molecular formula is C15H23NO4S. The number of hydrogen-bond acceptors (Lipinski definition) is 3. The van der Waals surface area contributed by atoms with E-state index in [0.29, 0.717) is 12.8 Å². The SMILES string of the molecule is CCCc1ccc(S(=O)(=O)NCC(CCC)C(=O)O)cc1. The van der Waals surface area contributed by atoms with Gasteiger partial charge in [-0.15, -0.1) is 0 Å². The molecule has 0 saturated carbocycles. The minimum atomic E-state index is -3.65. The van der Waals surface area contributed by atoms with E-state index in [4.69, 9.17) is 5.11 Å². The molecule has 118 valence electrons. The van der Waals surface area contributed by atoms with Crippen LogP contribution in [0.1, 0.15) is 38.7 Å². The number of carbonyl (C=O) groups is 1. The molecule has 0 amide bonds. The summed E-state index contributed by atoms with van der Waals surface area (Å²) in [7, 11) is -3.65. The van der Waals surface area contributed by atoms with Crippen LogP contribution in [-0.2, 0) is 21.2 Å². The zero-order chi connectivity index (χ0) is 15.9. The molecule has 1 aromatic rings. The Kier molecular flexibility index (Phi) is 6.84. The first kappa shape index (κ1) is 17.7. The number of aliphatic carboxylic acids is 1. The Morgan fingerprint density at radius 3 is 2.29 bits per heavy atom. The first-order valence-electron chi connectivity index (χ1n) is 7.22. The maximum atomic E-state index is 12.1. The first-order valence-corrected chi connectivity index (χ1v) is 8.70. The normalized spacial score (nSPS) is 13.0. The number of benzene rings is 1. The van der Waals surface area contributed by atoms with Crippen LogP contribution in [0.4, 0.5) is 0 Å². The third kappa shape index (κ3) is 5.47. The molecule has 5 nitrogen and oxygen atoms in total. The number of aryl methyl sites for hydroxylation is 1. The minimum absolute atomic E-state index is 0.0811. The summed E-state index contributed by atoms with van der Waals surface area (Å²) in [4.78, 5) is 11.2. The van der Waals surface area contributed by atoms with E-state index in [9.17, 15) is 13.2 Å². The summed E-state index contributed by atoms with van der Waals surface area (Å²) in [6, 6.07) is 6.70. The summed E-state index contributed by atoms with van der Waals surface area (Å²) in [5.74, 6) is -1.66. The molecule has 0 radical (unpaired) electrons. The zero-order valence-corrected chi connectivity index (χ0v) is 13.3. The molecule has 0 fully saturated rings. The van der Waals surface area contributed by atoms with E-state index in [1.54, 1.807) is 24.3 Å². The lowest BCUT2D eigenvalue weighted by molar-refractivity contribution is -0.141. The number of rotatable bonds is 9. The van der Waals surface area contributed by atoms with E-state index in [2.05, 4.69) is 11.6 Å². The van der Waals surface area contributed by atoms with Gasteiger partial charge in [0.2, 0.25) is 10.0 Å². The quantitative estimate of drug-likeness (QED) is 0.733. The van der Waals surface area contributed by atoms with Gasteiger partial charge in [0.05, 0.1) is 10.8 Å². The van der Waals surface area contributed by atoms with Crippen LogP contribution in [0, 0.1) is 5.92 Å². The van der Waals surface area contributed by atoms with Gasteiger partial charge in [-0.1, -0.05) is 38.8 Å². The molecule has 0 aliphatic rings. The first-order chi connectivity index (χ1) is 9.90. The lowest BCUT2D eigenvalue weighted by atomic mass is 10.1. The molecule has 1 atom stereocenters. The van der Waals surface area contributed by atoms with Gasteiger partial charge in [-0.25, -0.2) is 13.1 Å². The molecule has 6 heteroatoms. The van der Waals surface area contributed by atoms with Gasteiger partial charge in [-0.3, -0.25) is 4.79 Å². The monoisotopic (exact) mass is 313 g/mol. The second-order valence-electron chi connectivity index (χ2n) is 5.07. The van der Waals surface area contributed by atoms with Crippen molar-refractivity contribution in [3.63, 3.8) is 0 Å². The van der Waals surface area contributed by atoms with Crippen molar-refractivity contribution < 1.29 is 18.3 Å². The average molecular weight is 313 g/mol. The topological polar surface area (TPSA) is 83.5 Å². The standard InChI is InChI=1S/C15H23NO4S/c1-3-5-12-7-9-14(10-8-12)21(19,20)16-11-13(6-4-2)15(17)18/h7-10,13,16H,3-6,11H2,1-2H3,(H,17,18). The second kappa shape index (κ2) is 8.14. The molecule has 1 aromatic carbocycles. The molecule has 0 aliphatic carbocycles. The van der Waals surface area contributed by atoms with Crippen LogP contribution in [0.3, 0.4) is 0 Å². The fourth-order valence-corrected chi connectivity index (χ4v) is 3.16. The van der Waals surface area contributed by atoms with Gasteiger partial charge in [0.1, 0.15) is 0 Å². The van der Waals surface area contributed by atoms with Crippen LogP contribution in [0.15, 0.2) is 29.2 Å². The maximum absolute atomic E-state index is 12.1. The van der Waals surface area contributed by atoms with Gasteiger partial charge < -0.3 is 5.11 Å². The van der Waals surface area contributed by atoms with Crippen LogP contribution in [0.25, 0.3) is 0 Å². The lowest BCUT2D eigenvalue weighted by Crippen LogP contribution is -2.33. The maximum Gasteiger partial charge on any atom is 0.307 e. The number of carboxylic acid groups (broad SMARTS) is 1. The predicted molar refractivity (Wildman–Crippen MR) is 81.7 cm³/mol. The fourth-order valence-electron chi connectivity index (χ4n) is 2.08. The van der Waals surface area contributed by atoms with Crippen molar-refractivity contribution in [1.29, 1.82) is 0 Å². The molecule has 2 N–H and O–H groups in total. The average Bonchev–Trinajstić information content (AvgIpc) is 2.44. The molecule has 21 heavy (non-hydrogen) atoms. The Balaban J connectivity index is 2.74. The highest BCUT2D eigenvalue weighted by Gasteiger charge is 2.20. The summed E-state index contributed by atoms with van der Waals surface area (Å²) in [5, 5.41) is 9.03. The van der Waals surface area contributed by atoms with Gasteiger partial charge in [0, 0.05) is 6.54 Å². The number of sulfonamides is 1. The summed E-state index contributed by atoms with van der Waals surface area (Å²) in [6.45, 7) is 3.85. The summed E-state index contributed by atoms with van der Waals surface area (Å²) in [6.07, 6.45) is 3.06. The summed E-state index contributed by atoms with van der Waals surface area (Å²) in [5.41, 5.74) is 1.09. The highest BCUT2D eigenvalue weighted by atomic mass is 32.2. The lowest BCUT2D eigenvalue weighted by Gasteiger charge is -2.13. The van der Waals surface area contributed by atoms with Crippen molar-refractivity contribution in [3.05, 3.63) is 29.8 Å². The Morgan fingerprint density at radius 2 is 1.81 bits per heavy atom. The molecule has 0 spiro atoms. The Hall–Kier alpha value is -1.40. The zero-order valence-electron chi connectivity index (χ0n) is 12.5. The van der Waals surface area contributed by atoms with E-state index in [1.807, 2.05) is 6.92 Å². The molecule has 0 aromatic heterocycles. The molecule has 0 bridgehead atoms. The van der Waals surface area contributed by atoms with E-state index in [0.717, 1.165) is 18.4 Å². The van der Waals surface area contributed by atoms with Gasteiger partial charge in [-0.2, -0.15) is 0 Å². The largest absolute Gasteiger partial charge is 0.481 e. The van der Waals surface area contributed by atoms with Crippen molar-refractivity contribution in [3.8, 4) is 0 Å². The van der Waals surface area contributed by atoms with Crippen LogP contribution >= 0.6 is 0 Å². The van der Waals surface area contributed by atoms with Gasteiger partial charge >= 0.3 is 5.97 Å². The van der Waals surface area contributed by atoms with E-state index in [1.165, 1.54) is 0 Å². The highest BCUT2D eigenvalue weighted by molar-refractivity contribution is 7.89. The number of hydrogen-bond donors (Lipinski definition) is 2. The van der Waals surface area contributed by atoms with Gasteiger partial charge in [-0.05, 0) is 30.5 Å². The van der Waals surface area contributed by atoms with Gasteiger partial charge in [0.15, 0.2) is 0 Å². The molecule has 1 rings (SSSR count). The highest BCUT2D eigenvalue weighted by Crippen LogP contribution is 2.13. The predicted octanol–water partition coefficient (Wildman–Crippen LogP) is 2.42. The Morgan fingerprint density at radius 1 is 1.19 bits per heavy atom. The minimum Gasteiger partial charge on any atom is -0.481 e. The van der Waals surface area contributed by atoms with Crippen molar-refractivity contribution in [2.75, 3.05) is 6.54 Å². The van der Waals surface area contributed by atoms with Crippen molar-refractivity contribution >= 4 is 16.0 Å². The smallest absolute Gasteiger partial charge is 0.307 e. The fraction of sp³-hybridized carbons (Fsp3) is 0.533. The summed E-state index contributed by atoms with van der Waals surface area (Å²) < 4.78 is 26.6. The molecular weight excluding hydrogens is 290 g/mol. The number of nitrogens with one attached hydrogen (secondary N) is 1. The van der Waals surface area contributed by atoms with E-state index < -0.39 is 21.9 Å². The molecule has 1 unspecified atom stereocenters. The van der Waals surface area contributed by atoms with Crippen LogP contribution in [0.5, 0.6) is 0 Å². The van der Waals surface area contributed by atoms with Crippen LogP contribution in [0.2, 0.25) is 0 Å². The van der Waals surface area contributed by atoms with E-state index >= 15 is 0 Å². The second-order valence-corrected chi connectivity index (χ2v) is 6.84. The molecule has 0 aliphatic heterocycles. The summed E-state index contributed by atoms with van der Waals surface area (Å²) >= 11 is 0. The van der Waals surface area contributed by atoms with Crippen LogP contribution in [-0.4, -0.2) is 26.0 Å². The van der Waals surface area contributed by atoms with Crippen molar-refractivity contribution in [2.45, 2.75) is 44.4 Å². The van der Waals surface area contributed by atoms with Crippen molar-refractivity contribution in [2.24, 2.45) is 5.92 Å². The van der Waals surface area contributed by atoms with Crippen molar-refractivity contribution in [1.82, 2.24) is 4.72 Å². The third-order valence-corrected chi connectivity index (χ3v) is 4.72.